The van der Waals surface area contributed by atoms with Gasteiger partial charge in [0, 0.05) is 18.8 Å². The first-order chi connectivity index (χ1) is 9.11. The molecule has 1 aromatic carbocycles. The number of nitrogens with two attached hydrogens (primary N) is 1. The summed E-state index contributed by atoms with van der Waals surface area (Å²) in [4.78, 5) is 6.27. The molecule has 0 aliphatic rings. The Balaban J connectivity index is 1.86. The third kappa shape index (κ3) is 2.24. The topological polar surface area (TPSA) is 81.3 Å². The molecular weight excluding hydrogens is 244 g/mol. The molecule has 0 aliphatic heterocycles. The number of oxazole rings is 1. The highest BCUT2D eigenvalue weighted by Gasteiger charge is 2.12. The minimum Gasteiger partial charge on any atom is -0.423 e. The standard InChI is InChI=1S/C13H14N4O2/c1-8-5-10(16-19-8)7-17(2)13-15-11-6-9(14)3-4-12(11)18-13/h3-6H,7,14H2,1-2H3. The zero-order valence-electron chi connectivity index (χ0n) is 10.8. The Morgan fingerprint density at radius 2 is 2.16 bits per heavy atom. The first-order valence-corrected chi connectivity index (χ1v) is 5.91. The lowest BCUT2D eigenvalue weighted by molar-refractivity contribution is 0.390. The molecule has 98 valence electrons. The SMILES string of the molecule is Cc1cc(CN(C)c2nc3cc(N)ccc3o2)no1. The van der Waals surface area contributed by atoms with Crippen LogP contribution < -0.4 is 10.6 Å². The van der Waals surface area contributed by atoms with Crippen molar-refractivity contribution in [3.05, 3.63) is 35.7 Å². The predicted molar refractivity (Wildman–Crippen MR) is 71.8 cm³/mol. The molecular formula is C13H14N4O2. The van der Waals surface area contributed by atoms with Crippen LogP contribution in [-0.2, 0) is 6.54 Å². The summed E-state index contributed by atoms with van der Waals surface area (Å²) >= 11 is 0. The lowest BCUT2D eigenvalue weighted by Crippen LogP contribution is -2.16. The second-order valence-corrected chi connectivity index (χ2v) is 4.51. The van der Waals surface area contributed by atoms with E-state index in [1.807, 2.05) is 31.0 Å². The van der Waals surface area contributed by atoms with E-state index in [4.69, 9.17) is 14.7 Å². The average molecular weight is 258 g/mol. The highest BCUT2D eigenvalue weighted by molar-refractivity contribution is 5.78. The zero-order chi connectivity index (χ0) is 13.4. The molecule has 0 amide bonds. The van der Waals surface area contributed by atoms with Crippen LogP contribution in [0.25, 0.3) is 11.1 Å². The van der Waals surface area contributed by atoms with Crippen molar-refractivity contribution >= 4 is 22.8 Å². The molecule has 3 aromatic rings. The van der Waals surface area contributed by atoms with E-state index in [1.54, 1.807) is 12.1 Å². The molecule has 0 saturated heterocycles. The highest BCUT2D eigenvalue weighted by atomic mass is 16.5. The summed E-state index contributed by atoms with van der Waals surface area (Å²) in [6.07, 6.45) is 0. The van der Waals surface area contributed by atoms with Gasteiger partial charge >= 0.3 is 0 Å². The van der Waals surface area contributed by atoms with E-state index in [2.05, 4.69) is 10.1 Å². The maximum absolute atomic E-state index is 5.72. The molecule has 0 radical (unpaired) electrons. The van der Waals surface area contributed by atoms with Crippen molar-refractivity contribution in [1.29, 1.82) is 0 Å². The lowest BCUT2D eigenvalue weighted by atomic mass is 10.3. The summed E-state index contributed by atoms with van der Waals surface area (Å²) in [6, 6.07) is 7.81. The maximum atomic E-state index is 5.72. The summed E-state index contributed by atoms with van der Waals surface area (Å²) in [5.74, 6) is 0.786. The number of fused-ring (bicyclic) bond motifs is 1. The second kappa shape index (κ2) is 4.31. The van der Waals surface area contributed by atoms with Crippen LogP contribution in [0.5, 0.6) is 0 Å². The number of benzene rings is 1. The number of nitrogen functional groups attached to an aromatic ring is 1. The molecule has 0 fully saturated rings. The quantitative estimate of drug-likeness (QED) is 0.726. The molecule has 0 atom stereocenters. The van der Waals surface area contributed by atoms with E-state index in [0.29, 0.717) is 23.8 Å². The Morgan fingerprint density at radius 1 is 1.32 bits per heavy atom. The van der Waals surface area contributed by atoms with Crippen molar-refractivity contribution < 1.29 is 8.94 Å². The van der Waals surface area contributed by atoms with E-state index in [-0.39, 0.29) is 0 Å². The summed E-state index contributed by atoms with van der Waals surface area (Å²) in [5, 5.41) is 3.94. The lowest BCUT2D eigenvalue weighted by Gasteiger charge is -2.11. The summed E-state index contributed by atoms with van der Waals surface area (Å²) in [6.45, 7) is 2.43. The summed E-state index contributed by atoms with van der Waals surface area (Å²) < 4.78 is 10.7. The van der Waals surface area contributed by atoms with Gasteiger partial charge < -0.3 is 19.6 Å². The van der Waals surface area contributed by atoms with Gasteiger partial charge in [0.15, 0.2) is 5.58 Å². The van der Waals surface area contributed by atoms with Crippen molar-refractivity contribution in [2.45, 2.75) is 13.5 Å². The number of aryl methyl sites for hydroxylation is 1. The van der Waals surface area contributed by atoms with E-state index >= 15 is 0 Å². The van der Waals surface area contributed by atoms with Gasteiger partial charge in [0.1, 0.15) is 17.0 Å². The molecule has 3 rings (SSSR count). The van der Waals surface area contributed by atoms with Gasteiger partial charge in [-0.2, -0.15) is 4.98 Å². The van der Waals surface area contributed by atoms with Crippen molar-refractivity contribution in [1.82, 2.24) is 10.1 Å². The first-order valence-electron chi connectivity index (χ1n) is 5.91. The van der Waals surface area contributed by atoms with Crippen LogP contribution in [0.15, 0.2) is 33.2 Å². The van der Waals surface area contributed by atoms with Gasteiger partial charge in [0.25, 0.3) is 6.01 Å². The fourth-order valence-electron chi connectivity index (χ4n) is 1.90. The summed E-state index contributed by atoms with van der Waals surface area (Å²) in [5.41, 5.74) is 8.68. The largest absolute Gasteiger partial charge is 0.423 e. The summed E-state index contributed by atoms with van der Waals surface area (Å²) in [7, 11) is 1.89. The molecule has 6 nitrogen and oxygen atoms in total. The van der Waals surface area contributed by atoms with Crippen LogP contribution in [0.4, 0.5) is 11.7 Å². The van der Waals surface area contributed by atoms with Crippen molar-refractivity contribution in [3.8, 4) is 0 Å². The van der Waals surface area contributed by atoms with Crippen molar-refractivity contribution in [3.63, 3.8) is 0 Å². The molecule has 0 aliphatic carbocycles. The molecule has 2 aromatic heterocycles. The first kappa shape index (κ1) is 11.6. The third-order valence-corrected chi connectivity index (χ3v) is 2.80. The average Bonchev–Trinajstić information content (AvgIpc) is 2.95. The molecule has 2 N–H and O–H groups in total. The molecule has 0 saturated carbocycles. The van der Waals surface area contributed by atoms with Crippen LogP contribution in [0.2, 0.25) is 0 Å². The number of hydrogen-bond donors (Lipinski definition) is 1. The predicted octanol–water partition coefficient (Wildman–Crippen LogP) is 2.34. The Bertz CT molecular complexity index is 716. The van der Waals surface area contributed by atoms with Crippen molar-refractivity contribution in [2.75, 3.05) is 17.7 Å². The monoisotopic (exact) mass is 258 g/mol. The Morgan fingerprint density at radius 3 is 2.89 bits per heavy atom. The Kier molecular flexibility index (Phi) is 2.63. The normalized spacial score (nSPS) is 11.1. The number of hydrogen-bond acceptors (Lipinski definition) is 6. The smallest absolute Gasteiger partial charge is 0.298 e. The van der Waals surface area contributed by atoms with Gasteiger partial charge in [0.05, 0.1) is 6.54 Å². The second-order valence-electron chi connectivity index (χ2n) is 4.51. The van der Waals surface area contributed by atoms with Gasteiger partial charge in [-0.15, -0.1) is 0 Å². The van der Waals surface area contributed by atoms with E-state index < -0.39 is 0 Å². The van der Waals surface area contributed by atoms with Crippen molar-refractivity contribution in [2.24, 2.45) is 0 Å². The van der Waals surface area contributed by atoms with Crippen LogP contribution in [-0.4, -0.2) is 17.2 Å². The molecule has 0 spiro atoms. The van der Waals surface area contributed by atoms with Gasteiger partial charge in [-0.1, -0.05) is 5.16 Å². The molecule has 2 heterocycles. The van der Waals surface area contributed by atoms with Gasteiger partial charge in [-0.25, -0.2) is 0 Å². The number of nitrogens with zero attached hydrogens (tertiary/aromatic N) is 3. The highest BCUT2D eigenvalue weighted by Crippen LogP contribution is 2.23. The molecule has 0 unspecified atom stereocenters. The molecule has 19 heavy (non-hydrogen) atoms. The minimum absolute atomic E-state index is 0.529. The van der Waals surface area contributed by atoms with Crippen LogP contribution in [0, 0.1) is 6.92 Å². The molecule has 6 heteroatoms. The van der Waals surface area contributed by atoms with E-state index in [9.17, 15) is 0 Å². The third-order valence-electron chi connectivity index (χ3n) is 2.80. The number of anilines is 2. The maximum Gasteiger partial charge on any atom is 0.298 e. The van der Waals surface area contributed by atoms with Crippen LogP contribution >= 0.6 is 0 Å². The molecule has 0 bridgehead atoms. The Labute approximate surface area is 109 Å². The Hall–Kier alpha value is -2.50. The number of aromatic nitrogens is 2. The number of rotatable bonds is 3. The zero-order valence-corrected chi connectivity index (χ0v) is 10.8. The van der Waals surface area contributed by atoms with Gasteiger partial charge in [-0.3, -0.25) is 0 Å². The van der Waals surface area contributed by atoms with Gasteiger partial charge in [0.2, 0.25) is 0 Å². The van der Waals surface area contributed by atoms with E-state index in [0.717, 1.165) is 17.0 Å². The van der Waals surface area contributed by atoms with E-state index in [1.165, 1.54) is 0 Å². The minimum atomic E-state index is 0.529. The van der Waals surface area contributed by atoms with Crippen LogP contribution in [0.3, 0.4) is 0 Å². The van der Waals surface area contributed by atoms with Gasteiger partial charge in [-0.05, 0) is 25.1 Å². The van der Waals surface area contributed by atoms with Crippen LogP contribution in [0.1, 0.15) is 11.5 Å². The fraction of sp³-hybridized carbons (Fsp3) is 0.231. The fourth-order valence-corrected chi connectivity index (χ4v) is 1.90.